The Kier molecular flexibility index (Phi) is 5.25. The van der Waals surface area contributed by atoms with Crippen LogP contribution in [0.3, 0.4) is 0 Å². The second-order valence-corrected chi connectivity index (χ2v) is 7.71. The highest BCUT2D eigenvalue weighted by Gasteiger charge is 2.21. The van der Waals surface area contributed by atoms with E-state index in [9.17, 15) is 0 Å². The number of pyridine rings is 1. The molecule has 3 heterocycles. The van der Waals surface area contributed by atoms with Gasteiger partial charge in [-0.05, 0) is 30.5 Å². The molecule has 1 aliphatic rings. The molecular weight excluding hydrogens is 374 g/mol. The summed E-state index contributed by atoms with van der Waals surface area (Å²) in [6, 6.07) is 14.6. The summed E-state index contributed by atoms with van der Waals surface area (Å²) in [4.78, 5) is 18.3. The second kappa shape index (κ2) is 8.49. The molecule has 0 radical (unpaired) electrons. The van der Waals surface area contributed by atoms with Gasteiger partial charge in [-0.25, -0.2) is 4.98 Å². The average molecular weight is 400 g/mol. The summed E-state index contributed by atoms with van der Waals surface area (Å²) in [6.45, 7) is 0.679. The highest BCUT2D eigenvalue weighted by molar-refractivity contribution is 5.84. The van der Waals surface area contributed by atoms with E-state index in [1.165, 1.54) is 37.7 Å². The molecule has 0 spiro atoms. The zero-order chi connectivity index (χ0) is 20.2. The SMILES string of the molecule is c1ccc(CNc2nc(Nc3ccncc3)nc3c2ncn3C2CCCCC2)cc1. The fourth-order valence-corrected chi connectivity index (χ4v) is 4.07. The van der Waals surface area contributed by atoms with Gasteiger partial charge >= 0.3 is 0 Å². The molecule has 1 aliphatic carbocycles. The van der Waals surface area contributed by atoms with Crippen molar-refractivity contribution in [2.24, 2.45) is 0 Å². The zero-order valence-electron chi connectivity index (χ0n) is 16.8. The Bertz CT molecular complexity index is 1100. The molecule has 0 aliphatic heterocycles. The summed E-state index contributed by atoms with van der Waals surface area (Å²) in [5.41, 5.74) is 3.79. The van der Waals surface area contributed by atoms with E-state index in [-0.39, 0.29) is 0 Å². The van der Waals surface area contributed by atoms with Crippen LogP contribution in [0.2, 0.25) is 0 Å². The highest BCUT2D eigenvalue weighted by Crippen LogP contribution is 2.32. The number of fused-ring (bicyclic) bond motifs is 1. The molecule has 5 rings (SSSR count). The van der Waals surface area contributed by atoms with Crippen molar-refractivity contribution in [2.45, 2.75) is 44.7 Å². The maximum absolute atomic E-state index is 4.84. The van der Waals surface area contributed by atoms with Crippen LogP contribution in [-0.4, -0.2) is 24.5 Å². The van der Waals surface area contributed by atoms with Crippen molar-refractivity contribution < 1.29 is 0 Å². The third-order valence-corrected chi connectivity index (χ3v) is 5.63. The maximum Gasteiger partial charge on any atom is 0.231 e. The van der Waals surface area contributed by atoms with Crippen molar-refractivity contribution in [1.29, 1.82) is 0 Å². The van der Waals surface area contributed by atoms with Gasteiger partial charge in [-0.1, -0.05) is 49.6 Å². The Hall–Kier alpha value is -3.48. The monoisotopic (exact) mass is 399 g/mol. The van der Waals surface area contributed by atoms with E-state index in [1.807, 2.05) is 36.7 Å². The lowest BCUT2D eigenvalue weighted by Gasteiger charge is -2.23. The second-order valence-electron chi connectivity index (χ2n) is 7.71. The molecular formula is C23H25N7. The minimum absolute atomic E-state index is 0.453. The van der Waals surface area contributed by atoms with Crippen LogP contribution < -0.4 is 10.6 Å². The van der Waals surface area contributed by atoms with Crippen molar-refractivity contribution in [3.8, 4) is 0 Å². The van der Waals surface area contributed by atoms with Gasteiger partial charge in [0.25, 0.3) is 0 Å². The minimum Gasteiger partial charge on any atom is -0.364 e. The van der Waals surface area contributed by atoms with Gasteiger partial charge in [-0.2, -0.15) is 9.97 Å². The lowest BCUT2D eigenvalue weighted by atomic mass is 9.95. The summed E-state index contributed by atoms with van der Waals surface area (Å²) in [5, 5.41) is 6.78. The molecule has 0 atom stereocenters. The predicted octanol–water partition coefficient (Wildman–Crippen LogP) is 5.08. The standard InChI is InChI=1S/C23H25N7/c1-3-7-17(8-4-1)15-25-21-20-22(30(16-26-20)19-9-5-2-6-10-19)29-23(28-21)27-18-11-13-24-14-12-18/h1,3-4,7-8,11-14,16,19H,2,5-6,9-10,15H2,(H2,24,25,27,28,29). The van der Waals surface area contributed by atoms with Gasteiger partial charge in [0, 0.05) is 30.7 Å². The third-order valence-electron chi connectivity index (χ3n) is 5.63. The summed E-state index contributed by atoms with van der Waals surface area (Å²) < 4.78 is 2.24. The number of hydrogen-bond acceptors (Lipinski definition) is 6. The fraction of sp³-hybridized carbons (Fsp3) is 0.304. The van der Waals surface area contributed by atoms with Crippen LogP contribution in [0.4, 0.5) is 17.5 Å². The number of nitrogens with zero attached hydrogens (tertiary/aromatic N) is 5. The molecule has 7 heteroatoms. The topological polar surface area (TPSA) is 80.6 Å². The van der Waals surface area contributed by atoms with Crippen LogP contribution in [0.1, 0.15) is 43.7 Å². The lowest BCUT2D eigenvalue weighted by Crippen LogP contribution is -2.13. The Morgan fingerprint density at radius 1 is 0.933 bits per heavy atom. The molecule has 2 N–H and O–H groups in total. The van der Waals surface area contributed by atoms with Crippen LogP contribution in [0.15, 0.2) is 61.2 Å². The average Bonchev–Trinajstić information content (AvgIpc) is 3.23. The van der Waals surface area contributed by atoms with Crippen molar-refractivity contribution in [3.63, 3.8) is 0 Å². The number of aromatic nitrogens is 5. The number of benzene rings is 1. The lowest BCUT2D eigenvalue weighted by molar-refractivity contribution is 0.358. The van der Waals surface area contributed by atoms with Gasteiger partial charge in [0.2, 0.25) is 5.95 Å². The molecule has 1 saturated carbocycles. The summed E-state index contributed by atoms with van der Waals surface area (Å²) >= 11 is 0. The van der Waals surface area contributed by atoms with E-state index in [0.29, 0.717) is 18.5 Å². The fourth-order valence-electron chi connectivity index (χ4n) is 4.07. The summed E-state index contributed by atoms with van der Waals surface area (Å²) in [6.07, 6.45) is 11.6. The number of rotatable bonds is 6. The molecule has 4 aromatic rings. The van der Waals surface area contributed by atoms with Crippen LogP contribution in [0, 0.1) is 0 Å². The van der Waals surface area contributed by atoms with Gasteiger partial charge in [0.1, 0.15) is 0 Å². The van der Waals surface area contributed by atoms with Gasteiger partial charge in [0.05, 0.1) is 6.33 Å². The van der Waals surface area contributed by atoms with E-state index in [2.05, 4.69) is 32.3 Å². The van der Waals surface area contributed by atoms with Crippen LogP contribution >= 0.6 is 0 Å². The Labute approximate surface area is 175 Å². The number of nitrogens with one attached hydrogen (secondary N) is 2. The van der Waals surface area contributed by atoms with Crippen LogP contribution in [-0.2, 0) is 6.54 Å². The first-order valence-corrected chi connectivity index (χ1v) is 10.6. The third kappa shape index (κ3) is 3.96. The Balaban J connectivity index is 1.51. The van der Waals surface area contributed by atoms with Crippen LogP contribution in [0.25, 0.3) is 11.2 Å². The first-order valence-electron chi connectivity index (χ1n) is 10.6. The number of imidazole rings is 1. The first kappa shape index (κ1) is 18.5. The molecule has 0 amide bonds. The molecule has 0 unspecified atom stereocenters. The Morgan fingerprint density at radius 3 is 2.53 bits per heavy atom. The van der Waals surface area contributed by atoms with Crippen molar-refractivity contribution in [2.75, 3.05) is 10.6 Å². The highest BCUT2D eigenvalue weighted by atomic mass is 15.2. The van der Waals surface area contributed by atoms with Crippen molar-refractivity contribution in [3.05, 3.63) is 66.7 Å². The summed E-state index contributed by atoms with van der Waals surface area (Å²) in [7, 11) is 0. The van der Waals surface area contributed by atoms with E-state index >= 15 is 0 Å². The number of anilines is 3. The first-order chi connectivity index (χ1) is 14.9. The smallest absolute Gasteiger partial charge is 0.231 e. The van der Waals surface area contributed by atoms with E-state index < -0.39 is 0 Å². The minimum atomic E-state index is 0.453. The predicted molar refractivity (Wildman–Crippen MR) is 119 cm³/mol. The van der Waals surface area contributed by atoms with Crippen molar-refractivity contribution in [1.82, 2.24) is 24.5 Å². The van der Waals surface area contributed by atoms with E-state index in [0.717, 1.165) is 22.7 Å². The maximum atomic E-state index is 4.84. The van der Waals surface area contributed by atoms with Crippen LogP contribution in [0.5, 0.6) is 0 Å². The Morgan fingerprint density at radius 2 is 1.73 bits per heavy atom. The quantitative estimate of drug-likeness (QED) is 0.470. The molecule has 1 aromatic carbocycles. The molecule has 3 aromatic heterocycles. The van der Waals surface area contributed by atoms with Gasteiger partial charge in [0.15, 0.2) is 17.0 Å². The normalized spacial score (nSPS) is 14.7. The largest absolute Gasteiger partial charge is 0.364 e. The molecule has 0 bridgehead atoms. The molecule has 1 fully saturated rings. The van der Waals surface area contributed by atoms with Gasteiger partial charge in [-0.3, -0.25) is 4.98 Å². The van der Waals surface area contributed by atoms with E-state index in [1.54, 1.807) is 12.4 Å². The van der Waals surface area contributed by atoms with Gasteiger partial charge < -0.3 is 15.2 Å². The molecule has 152 valence electrons. The molecule has 30 heavy (non-hydrogen) atoms. The molecule has 0 saturated heterocycles. The zero-order valence-corrected chi connectivity index (χ0v) is 16.8. The van der Waals surface area contributed by atoms with Gasteiger partial charge in [-0.15, -0.1) is 0 Å². The van der Waals surface area contributed by atoms with Crippen molar-refractivity contribution >= 4 is 28.6 Å². The van der Waals surface area contributed by atoms with E-state index in [4.69, 9.17) is 15.0 Å². The summed E-state index contributed by atoms with van der Waals surface area (Å²) in [5.74, 6) is 1.30. The molecule has 7 nitrogen and oxygen atoms in total. The number of hydrogen-bond donors (Lipinski definition) is 2.